The van der Waals surface area contributed by atoms with E-state index in [9.17, 15) is 4.79 Å². The number of methoxy groups -OCH3 is 1. The van der Waals surface area contributed by atoms with E-state index in [-0.39, 0.29) is 12.0 Å². The summed E-state index contributed by atoms with van der Waals surface area (Å²) in [5.41, 5.74) is 5.28. The summed E-state index contributed by atoms with van der Waals surface area (Å²) in [5.74, 6) is 0.689. The first-order valence-electron chi connectivity index (χ1n) is 9.12. The first kappa shape index (κ1) is 17.5. The first-order chi connectivity index (χ1) is 13.2. The Labute approximate surface area is 158 Å². The van der Waals surface area contributed by atoms with Gasteiger partial charge in [0.1, 0.15) is 17.5 Å². The molecule has 0 bridgehead atoms. The maximum atomic E-state index is 11.9. The van der Waals surface area contributed by atoms with Crippen LogP contribution in [0.15, 0.2) is 59.1 Å². The average Bonchev–Trinajstić information content (AvgIpc) is 3.16. The number of nitrogens with zero attached hydrogens (tertiary/aromatic N) is 2. The van der Waals surface area contributed by atoms with E-state index in [1.54, 1.807) is 0 Å². The first-order valence-corrected chi connectivity index (χ1v) is 9.12. The molecule has 0 saturated carbocycles. The Morgan fingerprint density at radius 1 is 1.07 bits per heavy atom. The Morgan fingerprint density at radius 2 is 1.74 bits per heavy atom. The summed E-state index contributed by atoms with van der Waals surface area (Å²) in [6, 6.07) is 18.3. The molecule has 1 aromatic heterocycles. The molecule has 1 unspecified atom stereocenters. The van der Waals surface area contributed by atoms with Gasteiger partial charge in [-0.3, -0.25) is 9.69 Å². The van der Waals surface area contributed by atoms with Crippen molar-refractivity contribution in [3.63, 3.8) is 0 Å². The summed E-state index contributed by atoms with van der Waals surface area (Å²) in [7, 11) is 1.42. The zero-order chi connectivity index (χ0) is 18.8. The summed E-state index contributed by atoms with van der Waals surface area (Å²) in [4.78, 5) is 14.0. The van der Waals surface area contributed by atoms with Crippen molar-refractivity contribution in [2.75, 3.05) is 13.7 Å². The van der Waals surface area contributed by atoms with Crippen molar-refractivity contribution in [3.8, 4) is 22.4 Å². The molecular formula is C22H22N2O3. The van der Waals surface area contributed by atoms with Crippen LogP contribution in [0.25, 0.3) is 22.4 Å². The van der Waals surface area contributed by atoms with Crippen molar-refractivity contribution >= 4 is 5.97 Å². The summed E-state index contributed by atoms with van der Waals surface area (Å²) in [5, 5.41) is 4.31. The maximum Gasteiger partial charge on any atom is 0.322 e. The lowest BCUT2D eigenvalue weighted by Crippen LogP contribution is -2.42. The third kappa shape index (κ3) is 3.38. The Kier molecular flexibility index (Phi) is 4.77. The number of rotatable bonds is 4. The number of esters is 1. The van der Waals surface area contributed by atoms with Gasteiger partial charge in [0.15, 0.2) is 0 Å². The highest BCUT2D eigenvalue weighted by atomic mass is 16.5. The fraction of sp³-hybridized carbons (Fsp3) is 0.273. The lowest BCUT2D eigenvalue weighted by molar-refractivity contribution is -0.146. The van der Waals surface area contributed by atoms with Crippen LogP contribution in [0.1, 0.15) is 18.2 Å². The van der Waals surface area contributed by atoms with Crippen LogP contribution in [0, 0.1) is 0 Å². The number of ether oxygens (including phenoxy) is 1. The van der Waals surface area contributed by atoms with Crippen LogP contribution < -0.4 is 0 Å². The quantitative estimate of drug-likeness (QED) is 0.658. The molecule has 1 aliphatic rings. The van der Waals surface area contributed by atoms with Gasteiger partial charge in [0.2, 0.25) is 0 Å². The van der Waals surface area contributed by atoms with Gasteiger partial charge in [0.25, 0.3) is 0 Å². The van der Waals surface area contributed by atoms with Gasteiger partial charge in [0.05, 0.1) is 7.11 Å². The molecule has 0 amide bonds. The molecule has 0 aliphatic carbocycles. The fourth-order valence-corrected chi connectivity index (χ4v) is 3.56. The molecule has 27 heavy (non-hydrogen) atoms. The molecule has 3 aromatic rings. The van der Waals surface area contributed by atoms with Crippen LogP contribution in [-0.4, -0.2) is 35.7 Å². The van der Waals surface area contributed by atoms with Crippen molar-refractivity contribution in [2.45, 2.75) is 25.9 Å². The van der Waals surface area contributed by atoms with Crippen LogP contribution >= 0.6 is 0 Å². The van der Waals surface area contributed by atoms with Gasteiger partial charge < -0.3 is 9.26 Å². The molecule has 0 saturated heterocycles. The Morgan fingerprint density at radius 3 is 2.44 bits per heavy atom. The molecule has 2 aromatic carbocycles. The van der Waals surface area contributed by atoms with Gasteiger partial charge in [-0.25, -0.2) is 0 Å². The standard InChI is InChI=1S/C22H22N2O3/c1-15(22(25)26-2)24-13-12-20-19(14-24)21(23-27-20)18-10-8-17(9-11-18)16-6-4-3-5-7-16/h3-11,15H,12-14H2,1-2H3. The second kappa shape index (κ2) is 7.37. The highest BCUT2D eigenvalue weighted by molar-refractivity contribution is 5.75. The minimum Gasteiger partial charge on any atom is -0.468 e. The average molecular weight is 362 g/mol. The number of aromatic nitrogens is 1. The van der Waals surface area contributed by atoms with E-state index >= 15 is 0 Å². The molecule has 5 nitrogen and oxygen atoms in total. The SMILES string of the molecule is COC(=O)C(C)N1CCc2onc(-c3ccc(-c4ccccc4)cc3)c2C1. The van der Waals surface area contributed by atoms with E-state index in [0.717, 1.165) is 41.1 Å². The van der Waals surface area contributed by atoms with Gasteiger partial charge in [-0.05, 0) is 18.1 Å². The van der Waals surface area contributed by atoms with E-state index in [1.807, 2.05) is 25.1 Å². The molecule has 5 heteroatoms. The minimum atomic E-state index is -0.286. The summed E-state index contributed by atoms with van der Waals surface area (Å²) in [6.45, 7) is 3.26. The lowest BCUT2D eigenvalue weighted by Gasteiger charge is -2.30. The predicted molar refractivity (Wildman–Crippen MR) is 103 cm³/mol. The molecule has 4 rings (SSSR count). The highest BCUT2D eigenvalue weighted by Gasteiger charge is 2.30. The second-order valence-corrected chi connectivity index (χ2v) is 6.80. The number of fused-ring (bicyclic) bond motifs is 1. The Hall–Kier alpha value is -2.92. The predicted octanol–water partition coefficient (Wildman–Crippen LogP) is 3.93. The van der Waals surface area contributed by atoms with Crippen molar-refractivity contribution in [1.82, 2.24) is 10.1 Å². The number of carbonyl (C=O) groups excluding carboxylic acids is 1. The number of hydrogen-bond donors (Lipinski definition) is 0. The third-order valence-electron chi connectivity index (χ3n) is 5.21. The van der Waals surface area contributed by atoms with Crippen molar-refractivity contribution in [1.29, 1.82) is 0 Å². The van der Waals surface area contributed by atoms with E-state index < -0.39 is 0 Å². The Bertz CT molecular complexity index is 932. The number of hydrogen-bond acceptors (Lipinski definition) is 5. The molecular weight excluding hydrogens is 340 g/mol. The zero-order valence-electron chi connectivity index (χ0n) is 15.5. The molecule has 1 aliphatic heterocycles. The van der Waals surface area contributed by atoms with E-state index in [2.05, 4.69) is 46.5 Å². The van der Waals surface area contributed by atoms with Gasteiger partial charge in [-0.1, -0.05) is 59.8 Å². The molecule has 0 radical (unpaired) electrons. The summed E-state index contributed by atoms with van der Waals surface area (Å²) >= 11 is 0. The van der Waals surface area contributed by atoms with Gasteiger partial charge in [-0.2, -0.15) is 0 Å². The van der Waals surface area contributed by atoms with Crippen molar-refractivity contribution in [3.05, 3.63) is 65.9 Å². The van der Waals surface area contributed by atoms with Crippen LogP contribution in [0.2, 0.25) is 0 Å². The molecule has 0 N–H and O–H groups in total. The topological polar surface area (TPSA) is 55.6 Å². The van der Waals surface area contributed by atoms with Crippen LogP contribution in [0.4, 0.5) is 0 Å². The molecule has 0 spiro atoms. The fourth-order valence-electron chi connectivity index (χ4n) is 3.56. The largest absolute Gasteiger partial charge is 0.468 e. The smallest absolute Gasteiger partial charge is 0.322 e. The van der Waals surface area contributed by atoms with Crippen molar-refractivity contribution in [2.24, 2.45) is 0 Å². The van der Waals surface area contributed by atoms with Crippen LogP contribution in [-0.2, 0) is 22.5 Å². The van der Waals surface area contributed by atoms with E-state index in [1.165, 1.54) is 12.7 Å². The Balaban J connectivity index is 1.60. The molecule has 138 valence electrons. The second-order valence-electron chi connectivity index (χ2n) is 6.80. The van der Waals surface area contributed by atoms with Gasteiger partial charge in [-0.15, -0.1) is 0 Å². The van der Waals surface area contributed by atoms with E-state index in [0.29, 0.717) is 6.54 Å². The third-order valence-corrected chi connectivity index (χ3v) is 5.21. The van der Waals surface area contributed by atoms with Gasteiger partial charge >= 0.3 is 5.97 Å². The van der Waals surface area contributed by atoms with Crippen LogP contribution in [0.3, 0.4) is 0 Å². The summed E-state index contributed by atoms with van der Waals surface area (Å²) < 4.78 is 10.5. The molecule has 0 fully saturated rings. The normalized spacial score (nSPS) is 15.2. The highest BCUT2D eigenvalue weighted by Crippen LogP contribution is 2.32. The van der Waals surface area contributed by atoms with Gasteiger partial charge in [0, 0.05) is 30.6 Å². The molecule has 2 heterocycles. The minimum absolute atomic E-state index is 0.219. The monoisotopic (exact) mass is 362 g/mol. The zero-order valence-corrected chi connectivity index (χ0v) is 15.5. The van der Waals surface area contributed by atoms with Crippen molar-refractivity contribution < 1.29 is 14.1 Å². The summed E-state index contributed by atoms with van der Waals surface area (Å²) in [6.07, 6.45) is 0.742. The lowest BCUT2D eigenvalue weighted by atomic mass is 9.98. The maximum absolute atomic E-state index is 11.9. The molecule has 1 atom stereocenters. The number of carbonyl (C=O) groups is 1. The number of benzene rings is 2. The van der Waals surface area contributed by atoms with Crippen LogP contribution in [0.5, 0.6) is 0 Å². The van der Waals surface area contributed by atoms with E-state index in [4.69, 9.17) is 9.26 Å².